The van der Waals surface area contributed by atoms with Gasteiger partial charge in [0.15, 0.2) is 0 Å². The summed E-state index contributed by atoms with van der Waals surface area (Å²) in [6.45, 7) is 6.53. The molecular weight excluding hydrogens is 624 g/mol. The standard InChI is InChI=1S/C34H42N4O8S/c1-6-44-33(40)19-28(25-16-29-34(31(17-25)43-5)37(4)36-35-29)24-10-9-22(2)26(15-24)21-38-20-23(3)46-30-18-27(45-14-8-7-13-39)11-12-32(30)47(38,41)42/h9-12,15-18,23,28,39H,6-8,13-14,19-21H2,1-5H3/t23-,28?/m1/s1. The maximum Gasteiger partial charge on any atom is 0.306 e. The maximum atomic E-state index is 14.0. The van der Waals surface area contributed by atoms with Crippen LogP contribution in [0, 0.1) is 6.92 Å². The van der Waals surface area contributed by atoms with Gasteiger partial charge in [0, 0.05) is 32.2 Å². The molecule has 0 radical (unpaired) electrons. The molecule has 12 nitrogen and oxygen atoms in total. The van der Waals surface area contributed by atoms with E-state index in [2.05, 4.69) is 10.3 Å². The number of sulfonamides is 1. The number of aryl methyl sites for hydroxylation is 2. The molecule has 0 amide bonds. The second-order valence-electron chi connectivity index (χ2n) is 11.7. The van der Waals surface area contributed by atoms with Crippen molar-refractivity contribution in [2.45, 2.75) is 63.5 Å². The number of hydrogen-bond donors (Lipinski definition) is 1. The van der Waals surface area contributed by atoms with Gasteiger partial charge in [0.2, 0.25) is 10.0 Å². The molecule has 1 aliphatic heterocycles. The van der Waals surface area contributed by atoms with E-state index >= 15 is 0 Å². The minimum absolute atomic E-state index is 0.0654. The molecule has 0 bridgehead atoms. The van der Waals surface area contributed by atoms with Crippen molar-refractivity contribution in [2.24, 2.45) is 7.05 Å². The van der Waals surface area contributed by atoms with Crippen LogP contribution in [-0.4, -0.2) is 78.4 Å². The van der Waals surface area contributed by atoms with Gasteiger partial charge in [-0.3, -0.25) is 4.79 Å². The van der Waals surface area contributed by atoms with Gasteiger partial charge in [-0.1, -0.05) is 23.4 Å². The second kappa shape index (κ2) is 14.7. The lowest BCUT2D eigenvalue weighted by Crippen LogP contribution is -2.35. The van der Waals surface area contributed by atoms with E-state index in [0.717, 1.165) is 27.8 Å². The lowest BCUT2D eigenvalue weighted by Gasteiger charge is -2.24. The largest absolute Gasteiger partial charge is 0.494 e. The highest BCUT2D eigenvalue weighted by atomic mass is 32.2. The normalized spacial score (nSPS) is 16.6. The highest BCUT2D eigenvalue weighted by molar-refractivity contribution is 7.89. The smallest absolute Gasteiger partial charge is 0.306 e. The lowest BCUT2D eigenvalue weighted by molar-refractivity contribution is -0.143. The number of aliphatic hydroxyl groups excluding tert-OH is 1. The number of rotatable bonds is 13. The van der Waals surface area contributed by atoms with Crippen LogP contribution in [0.4, 0.5) is 0 Å². The third-order valence-electron chi connectivity index (χ3n) is 8.25. The number of methoxy groups -OCH3 is 1. The molecule has 1 aromatic heterocycles. The second-order valence-corrected chi connectivity index (χ2v) is 13.6. The Bertz CT molecular complexity index is 1840. The number of aliphatic hydroxyl groups is 1. The molecule has 0 fully saturated rings. The number of unbranched alkanes of at least 4 members (excludes halogenated alkanes) is 1. The number of hydrogen-bond acceptors (Lipinski definition) is 10. The summed E-state index contributed by atoms with van der Waals surface area (Å²) in [7, 11) is -0.581. The van der Waals surface area contributed by atoms with Gasteiger partial charge in [-0.2, -0.15) is 4.31 Å². The van der Waals surface area contributed by atoms with Crippen molar-refractivity contribution in [2.75, 3.05) is 33.5 Å². The molecule has 5 rings (SSSR count). The lowest BCUT2D eigenvalue weighted by atomic mass is 9.86. The Morgan fingerprint density at radius 3 is 2.68 bits per heavy atom. The number of aromatic nitrogens is 3. The first-order valence-electron chi connectivity index (χ1n) is 15.7. The monoisotopic (exact) mass is 666 g/mol. The molecule has 1 N–H and O–H groups in total. The van der Waals surface area contributed by atoms with Crippen LogP contribution in [0.3, 0.4) is 0 Å². The van der Waals surface area contributed by atoms with Gasteiger partial charge in [0.1, 0.15) is 39.3 Å². The number of nitrogens with zero attached hydrogens (tertiary/aromatic N) is 4. The fraction of sp³-hybridized carbons (Fsp3) is 0.441. The zero-order valence-corrected chi connectivity index (χ0v) is 28.2. The molecule has 0 aliphatic carbocycles. The topological polar surface area (TPSA) is 142 Å². The molecule has 2 heterocycles. The van der Waals surface area contributed by atoms with Crippen molar-refractivity contribution in [1.82, 2.24) is 19.3 Å². The number of carbonyl (C=O) groups is 1. The molecular formula is C34H42N4O8S. The number of fused-ring (bicyclic) bond motifs is 2. The fourth-order valence-electron chi connectivity index (χ4n) is 5.83. The third kappa shape index (κ3) is 7.53. The fourth-order valence-corrected chi connectivity index (χ4v) is 7.42. The van der Waals surface area contributed by atoms with E-state index in [1.165, 1.54) is 10.4 Å². The Hall–Kier alpha value is -4.20. The van der Waals surface area contributed by atoms with Gasteiger partial charge >= 0.3 is 5.97 Å². The molecule has 0 saturated heterocycles. The summed E-state index contributed by atoms with van der Waals surface area (Å²) >= 11 is 0. The van der Waals surface area contributed by atoms with Crippen LogP contribution in [-0.2, 0) is 33.1 Å². The predicted molar refractivity (Wildman–Crippen MR) is 175 cm³/mol. The van der Waals surface area contributed by atoms with Gasteiger partial charge in [0.25, 0.3) is 0 Å². The molecule has 252 valence electrons. The molecule has 47 heavy (non-hydrogen) atoms. The van der Waals surface area contributed by atoms with Crippen LogP contribution in [0.25, 0.3) is 11.0 Å². The van der Waals surface area contributed by atoms with Gasteiger partial charge in [-0.05, 0) is 80.1 Å². The van der Waals surface area contributed by atoms with Crippen molar-refractivity contribution in [3.8, 4) is 17.2 Å². The maximum absolute atomic E-state index is 14.0. The van der Waals surface area contributed by atoms with Crippen LogP contribution in [0.2, 0.25) is 0 Å². The van der Waals surface area contributed by atoms with E-state index in [9.17, 15) is 13.2 Å². The van der Waals surface area contributed by atoms with E-state index < -0.39 is 22.0 Å². The zero-order valence-electron chi connectivity index (χ0n) is 27.4. The summed E-state index contributed by atoms with van der Waals surface area (Å²) in [6, 6.07) is 14.4. The van der Waals surface area contributed by atoms with Crippen LogP contribution in [0.15, 0.2) is 53.4 Å². The Labute approximate surface area is 275 Å². The van der Waals surface area contributed by atoms with Crippen LogP contribution in [0.1, 0.15) is 61.3 Å². The van der Waals surface area contributed by atoms with Crippen LogP contribution >= 0.6 is 0 Å². The Balaban J connectivity index is 1.49. The van der Waals surface area contributed by atoms with E-state index in [1.54, 1.807) is 37.9 Å². The van der Waals surface area contributed by atoms with Gasteiger partial charge in [-0.25, -0.2) is 13.1 Å². The minimum Gasteiger partial charge on any atom is -0.494 e. The first-order valence-corrected chi connectivity index (χ1v) is 17.2. The van der Waals surface area contributed by atoms with Crippen LogP contribution < -0.4 is 14.2 Å². The van der Waals surface area contributed by atoms with Crippen molar-refractivity contribution >= 4 is 27.0 Å². The first kappa shape index (κ1) is 34.1. The van der Waals surface area contributed by atoms with Crippen molar-refractivity contribution < 1.29 is 37.3 Å². The van der Waals surface area contributed by atoms with Crippen molar-refractivity contribution in [3.63, 3.8) is 0 Å². The summed E-state index contributed by atoms with van der Waals surface area (Å²) in [5, 5.41) is 17.4. The molecule has 1 unspecified atom stereocenters. The molecule has 13 heteroatoms. The van der Waals surface area contributed by atoms with E-state index in [-0.39, 0.29) is 49.3 Å². The Kier molecular flexibility index (Phi) is 10.7. The van der Waals surface area contributed by atoms with E-state index in [0.29, 0.717) is 36.5 Å². The van der Waals surface area contributed by atoms with E-state index in [1.807, 2.05) is 44.2 Å². The van der Waals surface area contributed by atoms with Crippen molar-refractivity contribution in [1.29, 1.82) is 0 Å². The summed E-state index contributed by atoms with van der Waals surface area (Å²) in [5.41, 5.74) is 4.69. The molecule has 0 spiro atoms. The van der Waals surface area contributed by atoms with Gasteiger partial charge in [-0.15, -0.1) is 5.10 Å². The van der Waals surface area contributed by atoms with Crippen LogP contribution in [0.5, 0.6) is 17.2 Å². The highest BCUT2D eigenvalue weighted by Crippen LogP contribution is 2.38. The third-order valence-corrected chi connectivity index (χ3v) is 10.1. The predicted octanol–water partition coefficient (Wildman–Crippen LogP) is 4.49. The number of esters is 1. The first-order chi connectivity index (χ1) is 22.5. The molecule has 2 atom stereocenters. The Morgan fingerprint density at radius 2 is 1.94 bits per heavy atom. The summed E-state index contributed by atoms with van der Waals surface area (Å²) in [4.78, 5) is 12.9. The summed E-state index contributed by atoms with van der Waals surface area (Å²) in [6.07, 6.45) is 0.938. The number of ether oxygens (including phenoxy) is 4. The van der Waals surface area contributed by atoms with Crippen molar-refractivity contribution in [3.05, 3.63) is 70.8 Å². The summed E-state index contributed by atoms with van der Waals surface area (Å²) in [5.74, 6) is 0.548. The summed E-state index contributed by atoms with van der Waals surface area (Å²) < 4.78 is 54.0. The average Bonchev–Trinajstić information content (AvgIpc) is 3.38. The SMILES string of the molecule is CCOC(=O)CC(c1ccc(C)c(CN2C[C@@H](C)Oc3cc(OCCCCO)ccc3S2(=O)=O)c1)c1cc(OC)c2c(c1)nnn2C. The van der Waals surface area contributed by atoms with Gasteiger partial charge in [0.05, 0.1) is 33.3 Å². The minimum atomic E-state index is -3.94. The van der Waals surface area contributed by atoms with E-state index in [4.69, 9.17) is 24.1 Å². The molecule has 0 saturated carbocycles. The Morgan fingerprint density at radius 1 is 1.13 bits per heavy atom. The number of carbonyl (C=O) groups excluding carboxylic acids is 1. The molecule has 3 aromatic carbocycles. The highest BCUT2D eigenvalue weighted by Gasteiger charge is 2.34. The molecule has 1 aliphatic rings. The average molecular weight is 667 g/mol. The zero-order chi connectivity index (χ0) is 33.7. The number of benzene rings is 3. The van der Waals surface area contributed by atoms with Gasteiger partial charge < -0.3 is 24.1 Å². The quantitative estimate of drug-likeness (QED) is 0.160. The molecule has 4 aromatic rings.